The van der Waals surface area contributed by atoms with E-state index in [1.165, 1.54) is 0 Å². The average molecular weight is 378 g/mol. The van der Waals surface area contributed by atoms with Crippen molar-refractivity contribution in [2.45, 2.75) is 37.5 Å². The van der Waals surface area contributed by atoms with Gasteiger partial charge in [0.15, 0.2) is 0 Å². The first-order chi connectivity index (χ1) is 12.5. The number of hydrogen-bond acceptors (Lipinski definition) is 3. The summed E-state index contributed by atoms with van der Waals surface area (Å²) in [6.07, 6.45) is 3.70. The Bertz CT molecular complexity index is 703. The van der Waals surface area contributed by atoms with Crippen LogP contribution in [0.3, 0.4) is 0 Å². The van der Waals surface area contributed by atoms with Crippen LogP contribution in [0.5, 0.6) is 0 Å². The molecule has 5 nitrogen and oxygen atoms in total. The minimum Gasteiger partial charge on any atom is -0.481 e. The van der Waals surface area contributed by atoms with Crippen LogP contribution in [-0.4, -0.2) is 48.2 Å². The molecule has 0 aromatic heterocycles. The van der Waals surface area contributed by atoms with E-state index in [0.29, 0.717) is 44.2 Å². The molecule has 3 aliphatic rings. The normalized spacial score (nSPS) is 26.5. The van der Waals surface area contributed by atoms with Crippen LogP contribution >= 0.6 is 11.6 Å². The van der Waals surface area contributed by atoms with Crippen LogP contribution in [0.1, 0.15) is 37.7 Å². The van der Waals surface area contributed by atoms with Crippen LogP contribution in [0.2, 0.25) is 5.02 Å². The van der Waals surface area contributed by atoms with Gasteiger partial charge in [-0.05, 0) is 55.2 Å². The van der Waals surface area contributed by atoms with E-state index in [0.717, 1.165) is 24.8 Å². The van der Waals surface area contributed by atoms with E-state index in [4.69, 9.17) is 16.3 Å². The van der Waals surface area contributed by atoms with Crippen molar-refractivity contribution < 1.29 is 19.4 Å². The van der Waals surface area contributed by atoms with Crippen molar-refractivity contribution in [3.63, 3.8) is 0 Å². The molecule has 4 rings (SSSR count). The van der Waals surface area contributed by atoms with E-state index in [1.54, 1.807) is 0 Å². The van der Waals surface area contributed by atoms with Gasteiger partial charge in [-0.25, -0.2) is 0 Å². The second-order valence-corrected chi connectivity index (χ2v) is 8.39. The molecule has 6 heteroatoms. The SMILES string of the molecule is O=C(O)C1CC12CCN(C(=O)C1(c3ccc(Cl)cc3)CCOCC1)CC2. The topological polar surface area (TPSA) is 66.8 Å². The molecular formula is C20H24ClNO4. The van der Waals surface area contributed by atoms with E-state index >= 15 is 0 Å². The molecule has 0 bridgehead atoms. The number of piperidine rings is 1. The monoisotopic (exact) mass is 377 g/mol. The first-order valence-corrected chi connectivity index (χ1v) is 9.71. The summed E-state index contributed by atoms with van der Waals surface area (Å²) in [6.45, 7) is 2.46. The fourth-order valence-electron chi connectivity index (χ4n) is 4.82. The van der Waals surface area contributed by atoms with Gasteiger partial charge in [0, 0.05) is 31.3 Å². The smallest absolute Gasteiger partial charge is 0.307 e. The molecule has 1 unspecified atom stereocenters. The Morgan fingerprint density at radius 1 is 1.08 bits per heavy atom. The van der Waals surface area contributed by atoms with Gasteiger partial charge < -0.3 is 14.7 Å². The highest BCUT2D eigenvalue weighted by molar-refractivity contribution is 6.30. The summed E-state index contributed by atoms with van der Waals surface area (Å²) in [7, 11) is 0. The number of carbonyl (C=O) groups excluding carboxylic acids is 1. The fourth-order valence-corrected chi connectivity index (χ4v) is 4.95. The third kappa shape index (κ3) is 2.91. The molecule has 1 aromatic rings. The molecule has 0 radical (unpaired) electrons. The predicted molar refractivity (Wildman–Crippen MR) is 97.2 cm³/mol. The van der Waals surface area contributed by atoms with Gasteiger partial charge in [-0.1, -0.05) is 23.7 Å². The third-order valence-electron chi connectivity index (χ3n) is 6.69. The minimum absolute atomic E-state index is 0.0638. The van der Waals surface area contributed by atoms with Gasteiger partial charge in [-0.15, -0.1) is 0 Å². The molecule has 2 aliphatic heterocycles. The van der Waals surface area contributed by atoms with Gasteiger partial charge in [0.2, 0.25) is 5.91 Å². The third-order valence-corrected chi connectivity index (χ3v) is 6.94. The Morgan fingerprint density at radius 3 is 2.23 bits per heavy atom. The average Bonchev–Trinajstić information content (AvgIpc) is 3.37. The van der Waals surface area contributed by atoms with Gasteiger partial charge in [0.05, 0.1) is 11.3 Å². The number of benzene rings is 1. The van der Waals surface area contributed by atoms with Crippen LogP contribution < -0.4 is 0 Å². The van der Waals surface area contributed by atoms with E-state index in [9.17, 15) is 14.7 Å². The number of likely N-dealkylation sites (tertiary alicyclic amines) is 1. The van der Waals surface area contributed by atoms with E-state index in [2.05, 4.69) is 0 Å². The highest BCUT2D eigenvalue weighted by Crippen LogP contribution is 2.59. The van der Waals surface area contributed by atoms with Crippen LogP contribution in [0.15, 0.2) is 24.3 Å². The lowest BCUT2D eigenvalue weighted by atomic mass is 9.72. The van der Waals surface area contributed by atoms with Crippen molar-refractivity contribution in [2.24, 2.45) is 11.3 Å². The molecule has 1 N–H and O–H groups in total. The van der Waals surface area contributed by atoms with Crippen LogP contribution in [0.4, 0.5) is 0 Å². The number of rotatable bonds is 3. The fraction of sp³-hybridized carbons (Fsp3) is 0.600. The molecule has 1 atom stereocenters. The second-order valence-electron chi connectivity index (χ2n) is 7.95. The summed E-state index contributed by atoms with van der Waals surface area (Å²) in [5, 5.41) is 9.92. The number of carboxylic acid groups (broad SMARTS) is 1. The van der Waals surface area contributed by atoms with Gasteiger partial charge >= 0.3 is 5.97 Å². The summed E-state index contributed by atoms with van der Waals surface area (Å²) in [6, 6.07) is 7.60. The Kier molecular flexibility index (Phi) is 4.48. The summed E-state index contributed by atoms with van der Waals surface area (Å²) >= 11 is 6.03. The number of amides is 1. The minimum atomic E-state index is -0.688. The Hall–Kier alpha value is -1.59. The van der Waals surface area contributed by atoms with Gasteiger partial charge in [-0.2, -0.15) is 0 Å². The zero-order chi connectivity index (χ0) is 18.4. The van der Waals surface area contributed by atoms with E-state index in [-0.39, 0.29) is 17.2 Å². The largest absolute Gasteiger partial charge is 0.481 e. The van der Waals surface area contributed by atoms with Crippen LogP contribution in [-0.2, 0) is 19.7 Å². The lowest BCUT2D eigenvalue weighted by molar-refractivity contribution is -0.143. The van der Waals surface area contributed by atoms with Crippen LogP contribution in [0.25, 0.3) is 0 Å². The number of carboxylic acids is 1. The number of nitrogens with zero attached hydrogens (tertiary/aromatic N) is 1. The van der Waals surface area contributed by atoms with Crippen LogP contribution in [0, 0.1) is 11.3 Å². The molecule has 1 aliphatic carbocycles. The molecule has 1 aromatic carbocycles. The molecule has 140 valence electrons. The highest BCUT2D eigenvalue weighted by atomic mass is 35.5. The predicted octanol–water partition coefficient (Wildman–Crippen LogP) is 3.10. The number of carbonyl (C=O) groups is 2. The van der Waals surface area contributed by atoms with Crippen molar-refractivity contribution in [1.29, 1.82) is 0 Å². The maximum absolute atomic E-state index is 13.5. The molecule has 1 saturated carbocycles. The molecule has 1 spiro atoms. The van der Waals surface area contributed by atoms with Crippen molar-refractivity contribution in [2.75, 3.05) is 26.3 Å². The van der Waals surface area contributed by atoms with Crippen molar-refractivity contribution >= 4 is 23.5 Å². The summed E-state index contributed by atoms with van der Waals surface area (Å²) in [5.41, 5.74) is 0.389. The quantitative estimate of drug-likeness (QED) is 0.878. The number of halogens is 1. The van der Waals surface area contributed by atoms with Crippen molar-refractivity contribution in [1.82, 2.24) is 4.90 Å². The Labute approximate surface area is 158 Å². The van der Waals surface area contributed by atoms with E-state index < -0.39 is 11.4 Å². The summed E-state index contributed by atoms with van der Waals surface area (Å²) < 4.78 is 5.53. The second kappa shape index (κ2) is 6.54. The standard InChI is InChI=1S/C20H24ClNO4/c21-15-3-1-14(2-4-15)20(7-11-26-12-8-20)18(25)22-9-5-19(6-10-22)13-16(19)17(23)24/h1-4,16H,5-13H2,(H,23,24). The lowest BCUT2D eigenvalue weighted by Crippen LogP contribution is -2.52. The van der Waals surface area contributed by atoms with E-state index in [1.807, 2.05) is 29.2 Å². The molecule has 2 heterocycles. The summed E-state index contributed by atoms with van der Waals surface area (Å²) in [4.78, 5) is 26.7. The number of hydrogen-bond donors (Lipinski definition) is 1. The molecule has 26 heavy (non-hydrogen) atoms. The molecule has 3 fully saturated rings. The van der Waals surface area contributed by atoms with Crippen molar-refractivity contribution in [3.05, 3.63) is 34.9 Å². The molecular weight excluding hydrogens is 354 g/mol. The zero-order valence-electron chi connectivity index (χ0n) is 14.7. The number of ether oxygens (including phenoxy) is 1. The maximum atomic E-state index is 13.5. The molecule has 2 saturated heterocycles. The number of aliphatic carboxylic acids is 1. The van der Waals surface area contributed by atoms with Gasteiger partial charge in [0.1, 0.15) is 0 Å². The van der Waals surface area contributed by atoms with Gasteiger partial charge in [-0.3, -0.25) is 9.59 Å². The maximum Gasteiger partial charge on any atom is 0.307 e. The van der Waals surface area contributed by atoms with Gasteiger partial charge in [0.25, 0.3) is 0 Å². The summed E-state index contributed by atoms with van der Waals surface area (Å²) in [5.74, 6) is -0.745. The van der Waals surface area contributed by atoms with Crippen molar-refractivity contribution in [3.8, 4) is 0 Å². The Balaban J connectivity index is 1.53. The first-order valence-electron chi connectivity index (χ1n) is 9.33. The Morgan fingerprint density at radius 2 is 1.69 bits per heavy atom. The highest BCUT2D eigenvalue weighted by Gasteiger charge is 2.59. The zero-order valence-corrected chi connectivity index (χ0v) is 15.5. The first kappa shape index (κ1) is 17.8. The molecule has 1 amide bonds. The lowest BCUT2D eigenvalue weighted by Gasteiger charge is -2.42.